The first-order valence-corrected chi connectivity index (χ1v) is 12.6. The summed E-state index contributed by atoms with van der Waals surface area (Å²) in [5.74, 6) is -0.611. The number of sulfonamides is 1. The first kappa shape index (κ1) is 26.3. The molecule has 3 aromatic carbocycles. The topological polar surface area (TPSA) is 76.6 Å². The summed E-state index contributed by atoms with van der Waals surface area (Å²) in [4.78, 5) is 17.0. The van der Waals surface area contributed by atoms with E-state index in [0.717, 1.165) is 10.4 Å². The van der Waals surface area contributed by atoms with Crippen molar-refractivity contribution in [1.82, 2.24) is 9.29 Å². The first-order chi connectivity index (χ1) is 17.3. The molecule has 0 N–H and O–H groups in total. The zero-order valence-corrected chi connectivity index (χ0v) is 21.2. The summed E-state index contributed by atoms with van der Waals surface area (Å²) in [6.07, 6.45) is -3.19. The predicted octanol–water partition coefficient (Wildman–Crippen LogP) is 6.01. The lowest BCUT2D eigenvalue weighted by Crippen LogP contribution is -2.23. The van der Waals surface area contributed by atoms with Gasteiger partial charge in [0.1, 0.15) is 5.75 Å². The Bertz CT molecular complexity index is 1630. The Morgan fingerprint density at radius 1 is 0.946 bits per heavy atom. The van der Waals surface area contributed by atoms with Crippen LogP contribution in [0.1, 0.15) is 27.0 Å². The Morgan fingerprint density at radius 3 is 2.32 bits per heavy atom. The number of hydrogen-bond acceptors (Lipinski definition) is 5. The molecule has 1 aromatic heterocycles. The molecule has 0 amide bonds. The Balaban J connectivity index is 1.74. The fourth-order valence-corrected chi connectivity index (χ4v) is 4.93. The molecular formula is C27H23F3N2O4S. The number of para-hydroxylation sites is 1. The summed E-state index contributed by atoms with van der Waals surface area (Å²) in [5, 5.41) is 0.315. The molecule has 0 saturated carbocycles. The van der Waals surface area contributed by atoms with Gasteiger partial charge in [-0.3, -0.25) is 4.98 Å². The van der Waals surface area contributed by atoms with E-state index in [9.17, 15) is 26.4 Å². The second-order valence-corrected chi connectivity index (χ2v) is 10.8. The van der Waals surface area contributed by atoms with E-state index in [-0.39, 0.29) is 21.7 Å². The van der Waals surface area contributed by atoms with Crippen LogP contribution in [0.4, 0.5) is 13.2 Å². The fourth-order valence-electron chi connectivity index (χ4n) is 4.00. The van der Waals surface area contributed by atoms with E-state index in [1.807, 2.05) is 0 Å². The van der Waals surface area contributed by atoms with E-state index in [1.54, 1.807) is 38.1 Å². The van der Waals surface area contributed by atoms with Crippen LogP contribution in [-0.4, -0.2) is 37.8 Å². The van der Waals surface area contributed by atoms with Gasteiger partial charge in [0.2, 0.25) is 10.0 Å². The third kappa shape index (κ3) is 5.07. The standard InChI is InChI=1S/C27H23F3N2O4S/c1-16-11-12-20(37(34,35)32(3)4)14-22(16)26(33)36-19-8-5-7-18(13-19)24-17(2)15-31-25-21(24)9-6-10-23(25)27(28,29)30/h5-15H,1-4H3. The van der Waals surface area contributed by atoms with Gasteiger partial charge in [0.25, 0.3) is 0 Å². The SMILES string of the molecule is Cc1ccc(S(=O)(=O)N(C)C)cc1C(=O)Oc1cccc(-c2c(C)cnc3c(C(F)(F)F)cccc23)c1. The summed E-state index contributed by atoms with van der Waals surface area (Å²) in [7, 11) is -0.985. The maximum absolute atomic E-state index is 13.6. The molecule has 1 heterocycles. The van der Waals surface area contributed by atoms with Crippen molar-refractivity contribution >= 4 is 26.9 Å². The number of aryl methyl sites for hydroxylation is 2. The Hall–Kier alpha value is -3.76. The van der Waals surface area contributed by atoms with E-state index in [1.165, 1.54) is 50.6 Å². The fraction of sp³-hybridized carbons (Fsp3) is 0.185. The largest absolute Gasteiger partial charge is 0.423 e. The molecule has 0 aliphatic carbocycles. The second kappa shape index (κ2) is 9.60. The van der Waals surface area contributed by atoms with Crippen molar-refractivity contribution in [3.8, 4) is 16.9 Å². The summed E-state index contributed by atoms with van der Waals surface area (Å²) in [6.45, 7) is 3.39. The van der Waals surface area contributed by atoms with Crippen molar-refractivity contribution in [1.29, 1.82) is 0 Å². The number of pyridine rings is 1. The van der Waals surface area contributed by atoms with Crippen molar-refractivity contribution in [3.63, 3.8) is 0 Å². The van der Waals surface area contributed by atoms with Crippen molar-refractivity contribution < 1.29 is 31.1 Å². The van der Waals surface area contributed by atoms with E-state index in [2.05, 4.69) is 4.98 Å². The van der Waals surface area contributed by atoms with Crippen LogP contribution in [0.2, 0.25) is 0 Å². The monoisotopic (exact) mass is 528 g/mol. The van der Waals surface area contributed by atoms with E-state index >= 15 is 0 Å². The average Bonchev–Trinajstić information content (AvgIpc) is 2.83. The van der Waals surface area contributed by atoms with Gasteiger partial charge >= 0.3 is 12.1 Å². The number of esters is 1. The maximum atomic E-state index is 13.6. The second-order valence-electron chi connectivity index (χ2n) is 8.70. The first-order valence-electron chi connectivity index (χ1n) is 11.1. The van der Waals surface area contributed by atoms with Gasteiger partial charge in [-0.15, -0.1) is 0 Å². The van der Waals surface area contributed by atoms with Gasteiger partial charge in [0, 0.05) is 25.7 Å². The lowest BCUT2D eigenvalue weighted by atomic mass is 9.95. The summed E-state index contributed by atoms with van der Waals surface area (Å²) in [6, 6.07) is 14.5. The van der Waals surface area contributed by atoms with E-state index < -0.39 is 27.7 Å². The molecule has 0 radical (unpaired) electrons. The quantitative estimate of drug-likeness (QED) is 0.234. The van der Waals surface area contributed by atoms with Crippen LogP contribution in [0, 0.1) is 13.8 Å². The third-order valence-electron chi connectivity index (χ3n) is 5.93. The third-order valence-corrected chi connectivity index (χ3v) is 7.74. The highest BCUT2D eigenvalue weighted by Crippen LogP contribution is 2.39. The minimum absolute atomic E-state index is 0.0526. The van der Waals surface area contributed by atoms with Crippen LogP contribution >= 0.6 is 0 Å². The Morgan fingerprint density at radius 2 is 1.65 bits per heavy atom. The number of hydrogen-bond donors (Lipinski definition) is 0. The number of aromatic nitrogens is 1. The number of ether oxygens (including phenoxy) is 1. The number of rotatable bonds is 5. The van der Waals surface area contributed by atoms with Gasteiger partial charge in [0.05, 0.1) is 21.5 Å². The highest BCUT2D eigenvalue weighted by Gasteiger charge is 2.33. The average molecular weight is 529 g/mol. The number of nitrogens with zero attached hydrogens (tertiary/aromatic N) is 2. The van der Waals surface area contributed by atoms with Gasteiger partial charge in [0.15, 0.2) is 0 Å². The highest BCUT2D eigenvalue weighted by atomic mass is 32.2. The van der Waals surface area contributed by atoms with Crippen LogP contribution in [0.3, 0.4) is 0 Å². The molecule has 37 heavy (non-hydrogen) atoms. The molecule has 192 valence electrons. The van der Waals surface area contributed by atoms with E-state index in [0.29, 0.717) is 27.6 Å². The number of carbonyl (C=O) groups excluding carboxylic acids is 1. The number of halogens is 3. The molecule has 0 fully saturated rings. The molecular weight excluding hydrogens is 505 g/mol. The number of fused-ring (bicyclic) bond motifs is 1. The normalized spacial score (nSPS) is 12.2. The smallest absolute Gasteiger partial charge is 0.418 e. The molecule has 6 nitrogen and oxygen atoms in total. The molecule has 0 spiro atoms. The van der Waals surface area contributed by atoms with Gasteiger partial charge in [-0.05, 0) is 66.4 Å². The van der Waals surface area contributed by atoms with Crippen LogP contribution in [-0.2, 0) is 16.2 Å². The zero-order valence-electron chi connectivity index (χ0n) is 20.4. The van der Waals surface area contributed by atoms with Gasteiger partial charge in [-0.25, -0.2) is 17.5 Å². The molecule has 0 atom stereocenters. The van der Waals surface area contributed by atoms with Gasteiger partial charge in [-0.2, -0.15) is 13.2 Å². The van der Waals surface area contributed by atoms with Crippen molar-refractivity contribution in [2.75, 3.05) is 14.1 Å². The van der Waals surface area contributed by atoms with Gasteiger partial charge in [-0.1, -0.05) is 30.3 Å². The van der Waals surface area contributed by atoms with Crippen molar-refractivity contribution in [3.05, 3.63) is 89.1 Å². The predicted molar refractivity (Wildman–Crippen MR) is 134 cm³/mol. The molecule has 0 aliphatic heterocycles. The lowest BCUT2D eigenvalue weighted by Gasteiger charge is -2.15. The number of carbonyl (C=O) groups is 1. The van der Waals surface area contributed by atoms with Crippen molar-refractivity contribution in [2.24, 2.45) is 0 Å². The summed E-state index contributed by atoms with van der Waals surface area (Å²) >= 11 is 0. The number of benzene rings is 3. The summed E-state index contributed by atoms with van der Waals surface area (Å²) < 4.78 is 72.3. The molecule has 0 saturated heterocycles. The highest BCUT2D eigenvalue weighted by molar-refractivity contribution is 7.89. The minimum atomic E-state index is -4.57. The maximum Gasteiger partial charge on any atom is 0.418 e. The molecule has 0 aliphatic rings. The van der Waals surface area contributed by atoms with Crippen LogP contribution in [0.25, 0.3) is 22.0 Å². The van der Waals surface area contributed by atoms with Crippen LogP contribution in [0.5, 0.6) is 5.75 Å². The van der Waals surface area contributed by atoms with Crippen molar-refractivity contribution in [2.45, 2.75) is 24.9 Å². The molecule has 0 bridgehead atoms. The Kier molecular flexibility index (Phi) is 6.83. The van der Waals surface area contributed by atoms with Gasteiger partial charge < -0.3 is 4.74 Å². The Labute approximate surface area is 212 Å². The molecule has 10 heteroatoms. The molecule has 0 unspecified atom stereocenters. The van der Waals surface area contributed by atoms with Crippen LogP contribution < -0.4 is 4.74 Å². The summed E-state index contributed by atoms with van der Waals surface area (Å²) in [5.41, 5.74) is 1.31. The zero-order chi connectivity index (χ0) is 27.1. The molecule has 4 rings (SSSR count). The lowest BCUT2D eigenvalue weighted by molar-refractivity contribution is -0.136. The molecule has 4 aromatic rings. The van der Waals surface area contributed by atoms with Crippen LogP contribution in [0.15, 0.2) is 71.8 Å². The van der Waals surface area contributed by atoms with E-state index in [4.69, 9.17) is 4.74 Å². The minimum Gasteiger partial charge on any atom is -0.423 e. The number of alkyl halides is 3.